The molecule has 0 aliphatic carbocycles. The summed E-state index contributed by atoms with van der Waals surface area (Å²) in [5.41, 5.74) is 1.69. The summed E-state index contributed by atoms with van der Waals surface area (Å²) < 4.78 is 3.56. The Balaban J connectivity index is 2.82. The Bertz CT molecular complexity index is 534. The largest absolute Gasteiger partial charge is 0.317 e. The Kier molecular flexibility index (Phi) is 2.00. The maximum atomic E-state index is 11.9. The first-order valence-electron chi connectivity index (χ1n) is 4.52. The van der Waals surface area contributed by atoms with E-state index in [2.05, 4.69) is 6.58 Å². The van der Waals surface area contributed by atoms with Crippen LogP contribution in [0.4, 0.5) is 0 Å². The Morgan fingerprint density at radius 2 is 2.36 bits per heavy atom. The molecule has 0 atom stereocenters. The first kappa shape index (κ1) is 8.81. The maximum Gasteiger partial charge on any atom is 0.275 e. The highest BCUT2D eigenvalue weighted by Crippen LogP contribution is 2.02. The molecule has 0 N–H and O–H groups in total. The van der Waals surface area contributed by atoms with Gasteiger partial charge in [0.25, 0.3) is 5.56 Å². The van der Waals surface area contributed by atoms with E-state index in [9.17, 15) is 4.79 Å². The Morgan fingerprint density at radius 3 is 3.07 bits per heavy atom. The summed E-state index contributed by atoms with van der Waals surface area (Å²) in [6.07, 6.45) is 5.55. The molecule has 0 fully saturated rings. The van der Waals surface area contributed by atoms with Gasteiger partial charge in [-0.3, -0.25) is 4.79 Å². The predicted octanol–water partition coefficient (Wildman–Crippen LogP) is 1.60. The second-order valence-corrected chi connectivity index (χ2v) is 3.28. The number of aromatic nitrogens is 2. The van der Waals surface area contributed by atoms with E-state index in [0.29, 0.717) is 12.1 Å². The standard InChI is InChI=1S/C11H12N2O/c1-3-6-13-9(2)8-12-7-4-5-10(12)11(13)14/h3-5,7-8H,1,6H2,2H3. The molecule has 2 aromatic heterocycles. The fraction of sp³-hybridized carbons (Fsp3) is 0.182. The van der Waals surface area contributed by atoms with Gasteiger partial charge in [-0.05, 0) is 19.1 Å². The smallest absolute Gasteiger partial charge is 0.275 e. The van der Waals surface area contributed by atoms with Gasteiger partial charge in [0.05, 0.1) is 0 Å². The molecule has 3 heteroatoms. The lowest BCUT2D eigenvalue weighted by molar-refractivity contribution is 0.739. The van der Waals surface area contributed by atoms with Crippen molar-refractivity contribution in [3.05, 3.63) is 53.2 Å². The molecule has 72 valence electrons. The third-order valence-corrected chi connectivity index (χ3v) is 2.31. The second kappa shape index (κ2) is 3.18. The minimum atomic E-state index is 0.0369. The monoisotopic (exact) mass is 188 g/mol. The van der Waals surface area contributed by atoms with Crippen molar-refractivity contribution in [2.24, 2.45) is 0 Å². The highest BCUT2D eigenvalue weighted by Gasteiger charge is 2.03. The summed E-state index contributed by atoms with van der Waals surface area (Å²) in [6, 6.07) is 3.69. The molecule has 2 rings (SSSR count). The molecule has 0 aliphatic rings. The van der Waals surface area contributed by atoms with Crippen molar-refractivity contribution < 1.29 is 0 Å². The quantitative estimate of drug-likeness (QED) is 0.657. The van der Waals surface area contributed by atoms with Crippen LogP contribution in [-0.4, -0.2) is 8.97 Å². The topological polar surface area (TPSA) is 26.4 Å². The van der Waals surface area contributed by atoms with Crippen molar-refractivity contribution in [2.45, 2.75) is 13.5 Å². The van der Waals surface area contributed by atoms with Crippen molar-refractivity contribution in [2.75, 3.05) is 0 Å². The molecule has 3 nitrogen and oxygen atoms in total. The highest BCUT2D eigenvalue weighted by atomic mass is 16.1. The van der Waals surface area contributed by atoms with Crippen molar-refractivity contribution in [1.82, 2.24) is 8.97 Å². The van der Waals surface area contributed by atoms with Gasteiger partial charge in [-0.1, -0.05) is 6.08 Å². The summed E-state index contributed by atoms with van der Waals surface area (Å²) >= 11 is 0. The van der Waals surface area contributed by atoms with Crippen LogP contribution in [0, 0.1) is 6.92 Å². The lowest BCUT2D eigenvalue weighted by atomic mass is 10.4. The van der Waals surface area contributed by atoms with Crippen molar-refractivity contribution in [3.63, 3.8) is 0 Å². The number of allylic oxidation sites excluding steroid dienone is 1. The van der Waals surface area contributed by atoms with Gasteiger partial charge in [-0.2, -0.15) is 0 Å². The average molecular weight is 188 g/mol. The van der Waals surface area contributed by atoms with Crippen molar-refractivity contribution >= 4 is 5.52 Å². The average Bonchev–Trinajstić information content (AvgIpc) is 2.60. The predicted molar refractivity (Wildman–Crippen MR) is 56.6 cm³/mol. The zero-order valence-corrected chi connectivity index (χ0v) is 8.10. The molecule has 2 heterocycles. The van der Waals surface area contributed by atoms with E-state index in [0.717, 1.165) is 5.69 Å². The van der Waals surface area contributed by atoms with E-state index in [1.54, 1.807) is 10.6 Å². The SMILES string of the molecule is C=CCn1c(C)cn2cccc2c1=O. The van der Waals surface area contributed by atoms with E-state index in [1.165, 1.54) is 0 Å². The summed E-state index contributed by atoms with van der Waals surface area (Å²) in [4.78, 5) is 11.9. The number of nitrogens with zero attached hydrogens (tertiary/aromatic N) is 2. The van der Waals surface area contributed by atoms with Crippen LogP contribution in [0.25, 0.3) is 5.52 Å². The van der Waals surface area contributed by atoms with Gasteiger partial charge in [-0.25, -0.2) is 0 Å². The minimum absolute atomic E-state index is 0.0369. The molecule has 0 saturated heterocycles. The molecule has 14 heavy (non-hydrogen) atoms. The first-order valence-corrected chi connectivity index (χ1v) is 4.52. The second-order valence-electron chi connectivity index (χ2n) is 3.28. The minimum Gasteiger partial charge on any atom is -0.317 e. The van der Waals surface area contributed by atoms with Crippen LogP contribution < -0.4 is 5.56 Å². The zero-order valence-electron chi connectivity index (χ0n) is 8.10. The van der Waals surface area contributed by atoms with Crippen LogP contribution in [0.15, 0.2) is 42.0 Å². The van der Waals surface area contributed by atoms with E-state index < -0.39 is 0 Å². The van der Waals surface area contributed by atoms with Crippen LogP contribution in [0.5, 0.6) is 0 Å². The van der Waals surface area contributed by atoms with Crippen molar-refractivity contribution in [3.8, 4) is 0 Å². The van der Waals surface area contributed by atoms with Gasteiger partial charge in [0.2, 0.25) is 0 Å². The number of hydrogen-bond donors (Lipinski definition) is 0. The molecule has 0 saturated carbocycles. The van der Waals surface area contributed by atoms with Crippen LogP contribution >= 0.6 is 0 Å². The summed E-state index contributed by atoms with van der Waals surface area (Å²) in [6.45, 7) is 6.12. The molecule has 0 aromatic carbocycles. The van der Waals surface area contributed by atoms with Gasteiger partial charge < -0.3 is 8.97 Å². The maximum absolute atomic E-state index is 11.9. The first-order chi connectivity index (χ1) is 6.74. The van der Waals surface area contributed by atoms with Gasteiger partial charge in [0.1, 0.15) is 5.52 Å². The molecule has 0 bridgehead atoms. The number of aryl methyl sites for hydroxylation is 1. The fourth-order valence-electron chi connectivity index (χ4n) is 1.61. The number of hydrogen-bond acceptors (Lipinski definition) is 1. The van der Waals surface area contributed by atoms with E-state index in [1.807, 2.05) is 35.9 Å². The Hall–Kier alpha value is -1.77. The molecule has 2 aromatic rings. The van der Waals surface area contributed by atoms with Gasteiger partial charge in [0, 0.05) is 24.6 Å². The van der Waals surface area contributed by atoms with Gasteiger partial charge in [-0.15, -0.1) is 6.58 Å². The Labute approximate surface area is 81.9 Å². The van der Waals surface area contributed by atoms with Gasteiger partial charge in [0.15, 0.2) is 0 Å². The number of fused-ring (bicyclic) bond motifs is 1. The lowest BCUT2D eigenvalue weighted by Crippen LogP contribution is -2.23. The van der Waals surface area contributed by atoms with E-state index in [-0.39, 0.29) is 5.56 Å². The molecule has 0 unspecified atom stereocenters. The molecule has 0 amide bonds. The Morgan fingerprint density at radius 1 is 1.57 bits per heavy atom. The summed E-state index contributed by atoms with van der Waals surface area (Å²) in [5.74, 6) is 0. The van der Waals surface area contributed by atoms with Crippen molar-refractivity contribution in [1.29, 1.82) is 0 Å². The highest BCUT2D eigenvalue weighted by molar-refractivity contribution is 5.45. The zero-order chi connectivity index (χ0) is 10.1. The molecule has 0 spiro atoms. The molecular weight excluding hydrogens is 176 g/mol. The van der Waals surface area contributed by atoms with Crippen LogP contribution in [0.2, 0.25) is 0 Å². The van der Waals surface area contributed by atoms with E-state index in [4.69, 9.17) is 0 Å². The fourth-order valence-corrected chi connectivity index (χ4v) is 1.61. The third kappa shape index (κ3) is 1.18. The number of rotatable bonds is 2. The molecular formula is C11H12N2O. The van der Waals surface area contributed by atoms with Gasteiger partial charge >= 0.3 is 0 Å². The molecule has 0 radical (unpaired) electrons. The lowest BCUT2D eigenvalue weighted by Gasteiger charge is -2.07. The summed E-state index contributed by atoms with van der Waals surface area (Å²) in [5, 5.41) is 0. The van der Waals surface area contributed by atoms with Crippen LogP contribution in [0.1, 0.15) is 5.69 Å². The third-order valence-electron chi connectivity index (χ3n) is 2.31. The normalized spacial score (nSPS) is 10.6. The molecule has 0 aliphatic heterocycles. The van der Waals surface area contributed by atoms with Crippen LogP contribution in [-0.2, 0) is 6.54 Å². The van der Waals surface area contributed by atoms with E-state index >= 15 is 0 Å². The summed E-state index contributed by atoms with van der Waals surface area (Å²) in [7, 11) is 0. The van der Waals surface area contributed by atoms with Crippen LogP contribution in [0.3, 0.4) is 0 Å².